The number of aromatic hydroxyl groups is 2. The number of aromatic amines is 1. The molecule has 7 nitrogen and oxygen atoms in total. The number of carbonyl (C=O) groups excluding carboxylic acids is 1. The summed E-state index contributed by atoms with van der Waals surface area (Å²) >= 11 is 0. The standard InChI is InChI=1S/C14H16N4O3/c1-18-3-2-11-12(7-18)16-17-13(11)15-14(21)8-4-9(19)6-10(20)5-8/h4-6,19-20H,2-3,7H2,1H3,(H2,15,16,17,21). The fourth-order valence-electron chi connectivity index (χ4n) is 2.46. The molecule has 0 aliphatic carbocycles. The van der Waals surface area contributed by atoms with Crippen LogP contribution in [0.4, 0.5) is 5.82 Å². The highest BCUT2D eigenvalue weighted by Crippen LogP contribution is 2.25. The van der Waals surface area contributed by atoms with Crippen LogP contribution in [0.2, 0.25) is 0 Å². The number of benzene rings is 1. The maximum atomic E-state index is 12.2. The molecule has 1 aromatic heterocycles. The largest absolute Gasteiger partial charge is 0.508 e. The number of hydrogen-bond donors (Lipinski definition) is 4. The van der Waals surface area contributed by atoms with Gasteiger partial charge in [-0.25, -0.2) is 0 Å². The number of nitrogens with one attached hydrogen (secondary N) is 2. The van der Waals surface area contributed by atoms with Gasteiger partial charge in [0, 0.05) is 30.3 Å². The summed E-state index contributed by atoms with van der Waals surface area (Å²) < 4.78 is 0. The molecule has 110 valence electrons. The first-order chi connectivity index (χ1) is 10.0. The van der Waals surface area contributed by atoms with E-state index in [0.717, 1.165) is 30.8 Å². The minimum absolute atomic E-state index is 0.161. The van der Waals surface area contributed by atoms with E-state index in [4.69, 9.17) is 0 Å². The molecule has 7 heteroatoms. The van der Waals surface area contributed by atoms with E-state index in [9.17, 15) is 15.0 Å². The van der Waals surface area contributed by atoms with Crippen molar-refractivity contribution < 1.29 is 15.0 Å². The summed E-state index contributed by atoms with van der Waals surface area (Å²) in [6.45, 7) is 1.67. The number of fused-ring (bicyclic) bond motifs is 1. The molecule has 0 atom stereocenters. The van der Waals surface area contributed by atoms with Gasteiger partial charge in [-0.15, -0.1) is 0 Å². The number of anilines is 1. The van der Waals surface area contributed by atoms with Gasteiger partial charge in [0.25, 0.3) is 5.91 Å². The molecule has 2 heterocycles. The summed E-state index contributed by atoms with van der Waals surface area (Å²) in [6, 6.07) is 3.76. The number of carbonyl (C=O) groups is 1. The normalized spacial score (nSPS) is 14.7. The van der Waals surface area contributed by atoms with E-state index in [-0.39, 0.29) is 17.1 Å². The molecular weight excluding hydrogens is 272 g/mol. The van der Waals surface area contributed by atoms with Crippen LogP contribution in [-0.2, 0) is 13.0 Å². The number of H-pyrrole nitrogens is 1. The van der Waals surface area contributed by atoms with Crippen molar-refractivity contribution >= 4 is 11.7 Å². The van der Waals surface area contributed by atoms with Crippen molar-refractivity contribution in [3.8, 4) is 11.5 Å². The van der Waals surface area contributed by atoms with Crippen LogP contribution >= 0.6 is 0 Å². The summed E-state index contributed by atoms with van der Waals surface area (Å²) in [6.07, 6.45) is 0.809. The molecule has 0 spiro atoms. The Balaban J connectivity index is 1.82. The Labute approximate surface area is 121 Å². The zero-order valence-electron chi connectivity index (χ0n) is 11.6. The van der Waals surface area contributed by atoms with E-state index in [1.165, 1.54) is 18.2 Å². The van der Waals surface area contributed by atoms with Gasteiger partial charge in [-0.3, -0.25) is 9.89 Å². The van der Waals surface area contributed by atoms with Gasteiger partial charge >= 0.3 is 0 Å². The Morgan fingerprint density at radius 3 is 2.76 bits per heavy atom. The van der Waals surface area contributed by atoms with Crippen LogP contribution < -0.4 is 5.32 Å². The molecule has 2 aromatic rings. The van der Waals surface area contributed by atoms with Crippen molar-refractivity contribution in [2.75, 3.05) is 18.9 Å². The first-order valence-corrected chi connectivity index (χ1v) is 6.62. The smallest absolute Gasteiger partial charge is 0.257 e. The van der Waals surface area contributed by atoms with Gasteiger partial charge in [0.1, 0.15) is 11.5 Å². The second-order valence-corrected chi connectivity index (χ2v) is 5.21. The summed E-state index contributed by atoms with van der Waals surface area (Å²) in [5.41, 5.74) is 2.18. The summed E-state index contributed by atoms with van der Waals surface area (Å²) in [5, 5.41) is 28.6. The lowest BCUT2D eigenvalue weighted by Crippen LogP contribution is -2.26. The highest BCUT2D eigenvalue weighted by atomic mass is 16.3. The van der Waals surface area contributed by atoms with Crippen molar-refractivity contribution in [3.63, 3.8) is 0 Å². The molecule has 3 rings (SSSR count). The third-order valence-corrected chi connectivity index (χ3v) is 3.52. The fraction of sp³-hybridized carbons (Fsp3) is 0.286. The van der Waals surface area contributed by atoms with Crippen molar-refractivity contribution in [1.29, 1.82) is 0 Å². The highest BCUT2D eigenvalue weighted by molar-refractivity contribution is 6.04. The van der Waals surface area contributed by atoms with Gasteiger partial charge in [-0.2, -0.15) is 5.10 Å². The molecule has 0 bridgehead atoms. The van der Waals surface area contributed by atoms with Gasteiger partial charge in [-0.1, -0.05) is 0 Å². The predicted molar refractivity (Wildman–Crippen MR) is 76.4 cm³/mol. The molecule has 1 aromatic carbocycles. The van der Waals surface area contributed by atoms with Gasteiger partial charge in [0.15, 0.2) is 5.82 Å². The number of nitrogens with zero attached hydrogens (tertiary/aromatic N) is 2. The first-order valence-electron chi connectivity index (χ1n) is 6.62. The molecule has 0 saturated carbocycles. The first kappa shape index (κ1) is 13.4. The van der Waals surface area contributed by atoms with Crippen molar-refractivity contribution in [2.45, 2.75) is 13.0 Å². The quantitative estimate of drug-likeness (QED) is 0.662. The Hall–Kier alpha value is -2.54. The van der Waals surface area contributed by atoms with Crippen LogP contribution in [0, 0.1) is 0 Å². The van der Waals surface area contributed by atoms with Gasteiger partial charge in [0.05, 0.1) is 5.69 Å². The van der Waals surface area contributed by atoms with Gasteiger partial charge < -0.3 is 20.4 Å². The summed E-state index contributed by atoms with van der Waals surface area (Å²) in [7, 11) is 2.03. The van der Waals surface area contributed by atoms with Crippen LogP contribution in [0.15, 0.2) is 18.2 Å². The SMILES string of the molecule is CN1CCc2c(NC(=O)c3cc(O)cc(O)c3)n[nH]c2C1. The van der Waals surface area contributed by atoms with Crippen LogP contribution in [0.3, 0.4) is 0 Å². The molecule has 0 fully saturated rings. The Morgan fingerprint density at radius 1 is 1.33 bits per heavy atom. The zero-order chi connectivity index (χ0) is 15.0. The minimum atomic E-state index is -0.422. The predicted octanol–water partition coefficient (Wildman–Crippen LogP) is 1.06. The highest BCUT2D eigenvalue weighted by Gasteiger charge is 2.21. The van der Waals surface area contributed by atoms with Crippen molar-refractivity contribution in [1.82, 2.24) is 15.1 Å². The topological polar surface area (TPSA) is 101 Å². The molecule has 1 aliphatic heterocycles. The second kappa shape index (κ2) is 5.10. The van der Waals surface area contributed by atoms with E-state index in [1.807, 2.05) is 7.05 Å². The fourth-order valence-corrected chi connectivity index (χ4v) is 2.46. The lowest BCUT2D eigenvalue weighted by atomic mass is 10.1. The number of phenolic OH excluding ortho intramolecular Hbond substituents is 2. The second-order valence-electron chi connectivity index (χ2n) is 5.21. The lowest BCUT2D eigenvalue weighted by molar-refractivity contribution is 0.102. The Kier molecular flexibility index (Phi) is 3.26. The number of rotatable bonds is 2. The Morgan fingerprint density at radius 2 is 2.05 bits per heavy atom. The maximum absolute atomic E-state index is 12.2. The molecule has 1 aliphatic rings. The van der Waals surface area contributed by atoms with Crippen molar-refractivity contribution in [2.24, 2.45) is 0 Å². The van der Waals surface area contributed by atoms with Crippen LogP contribution in [0.25, 0.3) is 0 Å². The minimum Gasteiger partial charge on any atom is -0.508 e. The van der Waals surface area contributed by atoms with Crippen LogP contribution in [-0.4, -0.2) is 44.8 Å². The molecule has 21 heavy (non-hydrogen) atoms. The monoisotopic (exact) mass is 288 g/mol. The number of amides is 1. The molecule has 0 saturated heterocycles. The molecule has 0 unspecified atom stereocenters. The van der Waals surface area contributed by atoms with Crippen LogP contribution in [0.1, 0.15) is 21.6 Å². The van der Waals surface area contributed by atoms with Crippen molar-refractivity contribution in [3.05, 3.63) is 35.0 Å². The third-order valence-electron chi connectivity index (χ3n) is 3.52. The van der Waals surface area contributed by atoms with Gasteiger partial charge in [0.2, 0.25) is 0 Å². The Bertz CT molecular complexity index is 675. The lowest BCUT2D eigenvalue weighted by Gasteiger charge is -2.21. The number of phenols is 2. The van der Waals surface area contributed by atoms with Crippen LogP contribution in [0.5, 0.6) is 11.5 Å². The average molecular weight is 288 g/mol. The van der Waals surface area contributed by atoms with Gasteiger partial charge in [-0.05, 0) is 25.6 Å². The summed E-state index contributed by atoms with van der Waals surface area (Å²) in [5.74, 6) is -0.239. The van der Waals surface area contributed by atoms with E-state index < -0.39 is 5.91 Å². The average Bonchev–Trinajstić information content (AvgIpc) is 2.80. The summed E-state index contributed by atoms with van der Waals surface area (Å²) in [4.78, 5) is 14.3. The zero-order valence-corrected chi connectivity index (χ0v) is 11.6. The molecular formula is C14H16N4O3. The molecule has 1 amide bonds. The molecule has 0 radical (unpaired) electrons. The van der Waals surface area contributed by atoms with E-state index in [0.29, 0.717) is 5.82 Å². The number of likely N-dealkylation sites (N-methyl/N-ethyl adjacent to an activating group) is 1. The number of aromatic nitrogens is 2. The third kappa shape index (κ3) is 2.68. The number of hydrogen-bond acceptors (Lipinski definition) is 5. The van der Waals surface area contributed by atoms with E-state index in [1.54, 1.807) is 0 Å². The van der Waals surface area contributed by atoms with E-state index >= 15 is 0 Å². The van der Waals surface area contributed by atoms with E-state index in [2.05, 4.69) is 20.4 Å². The molecule has 4 N–H and O–H groups in total. The maximum Gasteiger partial charge on any atom is 0.257 e.